The molecule has 0 aliphatic heterocycles. The summed E-state index contributed by atoms with van der Waals surface area (Å²) in [6, 6.07) is 7.82. The maximum atomic E-state index is 12.3. The number of nitrogens with zero attached hydrogens (tertiary/aromatic N) is 2. The molecule has 0 saturated heterocycles. The predicted octanol–water partition coefficient (Wildman–Crippen LogP) is 2.56. The third-order valence-corrected chi connectivity index (χ3v) is 3.64. The summed E-state index contributed by atoms with van der Waals surface area (Å²) in [5.41, 5.74) is 2.05. The molecule has 1 aromatic heterocycles. The van der Waals surface area contributed by atoms with E-state index in [9.17, 15) is 9.59 Å². The molecule has 2 N–H and O–H groups in total. The van der Waals surface area contributed by atoms with Crippen LogP contribution < -0.4 is 5.32 Å². The average molecular weight is 315 g/mol. The van der Waals surface area contributed by atoms with Crippen molar-refractivity contribution in [2.24, 2.45) is 7.05 Å². The predicted molar refractivity (Wildman–Crippen MR) is 86.5 cm³/mol. The molecule has 0 bridgehead atoms. The van der Waals surface area contributed by atoms with Gasteiger partial charge in [0.1, 0.15) is 5.56 Å². The number of aromatic nitrogens is 2. The number of aryl methyl sites for hydroxylation is 2. The van der Waals surface area contributed by atoms with E-state index in [1.807, 2.05) is 31.2 Å². The van der Waals surface area contributed by atoms with Gasteiger partial charge in [0.05, 0.1) is 6.04 Å². The zero-order valence-corrected chi connectivity index (χ0v) is 13.5. The van der Waals surface area contributed by atoms with Crippen molar-refractivity contribution in [1.82, 2.24) is 15.1 Å². The van der Waals surface area contributed by atoms with Gasteiger partial charge >= 0.3 is 5.97 Å². The quantitative estimate of drug-likeness (QED) is 0.858. The molecule has 0 unspecified atom stereocenters. The number of hydrogen-bond donors (Lipinski definition) is 2. The van der Waals surface area contributed by atoms with E-state index >= 15 is 0 Å². The highest BCUT2D eigenvalue weighted by molar-refractivity contribution is 6.03. The van der Waals surface area contributed by atoms with Crippen molar-refractivity contribution in [3.8, 4) is 0 Å². The highest BCUT2D eigenvalue weighted by Gasteiger charge is 2.22. The van der Waals surface area contributed by atoms with Gasteiger partial charge in [0.15, 0.2) is 5.69 Å². The number of amides is 1. The summed E-state index contributed by atoms with van der Waals surface area (Å²) in [7, 11) is 1.58. The Labute approximate surface area is 135 Å². The van der Waals surface area contributed by atoms with Crippen LogP contribution >= 0.6 is 0 Å². The number of benzene rings is 1. The number of carbonyl (C=O) groups is 2. The Morgan fingerprint density at radius 3 is 2.52 bits per heavy atom. The van der Waals surface area contributed by atoms with E-state index in [-0.39, 0.29) is 17.3 Å². The summed E-state index contributed by atoms with van der Waals surface area (Å²) in [4.78, 5) is 23.4. The monoisotopic (exact) mass is 315 g/mol. The van der Waals surface area contributed by atoms with Crippen molar-refractivity contribution in [3.05, 3.63) is 52.8 Å². The fourth-order valence-corrected chi connectivity index (χ4v) is 2.42. The maximum Gasteiger partial charge on any atom is 0.339 e. The number of aromatic carboxylic acids is 1. The molecule has 23 heavy (non-hydrogen) atoms. The first-order valence-electron chi connectivity index (χ1n) is 7.59. The van der Waals surface area contributed by atoms with Crippen LogP contribution in [-0.4, -0.2) is 26.8 Å². The SMILES string of the molecule is CCCc1ccc([C@@H](C)NC(=O)c2nn(C)cc2C(=O)O)cc1. The van der Waals surface area contributed by atoms with Crippen molar-refractivity contribution in [2.45, 2.75) is 32.7 Å². The van der Waals surface area contributed by atoms with E-state index in [0.29, 0.717) is 0 Å². The molecule has 0 fully saturated rings. The highest BCUT2D eigenvalue weighted by Crippen LogP contribution is 2.16. The smallest absolute Gasteiger partial charge is 0.339 e. The van der Waals surface area contributed by atoms with Gasteiger partial charge in [0.25, 0.3) is 5.91 Å². The van der Waals surface area contributed by atoms with E-state index in [1.54, 1.807) is 7.05 Å². The number of carboxylic acids is 1. The molecular formula is C17H21N3O3. The number of hydrogen-bond acceptors (Lipinski definition) is 3. The van der Waals surface area contributed by atoms with Gasteiger partial charge in [0.2, 0.25) is 0 Å². The summed E-state index contributed by atoms with van der Waals surface area (Å²) in [6.07, 6.45) is 3.43. The molecule has 1 aromatic carbocycles. The first kappa shape index (κ1) is 16.7. The number of rotatable bonds is 6. The molecule has 0 aliphatic rings. The van der Waals surface area contributed by atoms with Crippen LogP contribution in [0.1, 0.15) is 58.3 Å². The molecule has 1 atom stereocenters. The molecule has 2 rings (SSSR count). The standard InChI is InChI=1S/C17H21N3O3/c1-4-5-12-6-8-13(9-7-12)11(2)18-16(21)15-14(17(22)23)10-20(3)19-15/h6-11H,4-5H2,1-3H3,(H,18,21)(H,22,23)/t11-/m1/s1. The minimum atomic E-state index is -1.17. The van der Waals surface area contributed by atoms with Crippen LogP contribution in [0, 0.1) is 0 Å². The van der Waals surface area contributed by atoms with E-state index in [2.05, 4.69) is 17.3 Å². The fourth-order valence-electron chi connectivity index (χ4n) is 2.42. The third-order valence-electron chi connectivity index (χ3n) is 3.64. The molecule has 122 valence electrons. The third kappa shape index (κ3) is 3.97. The van der Waals surface area contributed by atoms with Gasteiger partial charge < -0.3 is 10.4 Å². The minimum Gasteiger partial charge on any atom is -0.478 e. The zero-order chi connectivity index (χ0) is 17.0. The lowest BCUT2D eigenvalue weighted by Crippen LogP contribution is -2.28. The van der Waals surface area contributed by atoms with Crippen LogP contribution in [0.15, 0.2) is 30.5 Å². The second kappa shape index (κ2) is 7.09. The second-order valence-electron chi connectivity index (χ2n) is 5.56. The molecular weight excluding hydrogens is 294 g/mol. The van der Waals surface area contributed by atoms with Crippen molar-refractivity contribution >= 4 is 11.9 Å². The first-order chi connectivity index (χ1) is 10.9. The molecule has 0 radical (unpaired) electrons. The number of nitrogens with one attached hydrogen (secondary N) is 1. The number of carboxylic acid groups (broad SMARTS) is 1. The van der Waals surface area contributed by atoms with E-state index < -0.39 is 11.9 Å². The summed E-state index contributed by atoms with van der Waals surface area (Å²) in [6.45, 7) is 3.99. The Kier molecular flexibility index (Phi) is 5.16. The van der Waals surface area contributed by atoms with Crippen LogP contribution in [0.2, 0.25) is 0 Å². The molecule has 0 aliphatic carbocycles. The lowest BCUT2D eigenvalue weighted by atomic mass is 10.0. The molecule has 0 saturated carbocycles. The van der Waals surface area contributed by atoms with Crippen LogP contribution in [0.4, 0.5) is 0 Å². The van der Waals surface area contributed by atoms with E-state index in [0.717, 1.165) is 18.4 Å². The van der Waals surface area contributed by atoms with Gasteiger partial charge in [-0.2, -0.15) is 5.10 Å². The second-order valence-corrected chi connectivity index (χ2v) is 5.56. The van der Waals surface area contributed by atoms with E-state index in [1.165, 1.54) is 16.4 Å². The van der Waals surface area contributed by atoms with Gasteiger partial charge in [0, 0.05) is 13.2 Å². The van der Waals surface area contributed by atoms with Crippen molar-refractivity contribution in [2.75, 3.05) is 0 Å². The molecule has 1 amide bonds. The maximum absolute atomic E-state index is 12.3. The van der Waals surface area contributed by atoms with Gasteiger partial charge in [-0.25, -0.2) is 4.79 Å². The fraction of sp³-hybridized carbons (Fsp3) is 0.353. The summed E-state index contributed by atoms with van der Waals surface area (Å²) >= 11 is 0. The zero-order valence-electron chi connectivity index (χ0n) is 13.5. The van der Waals surface area contributed by atoms with Crippen molar-refractivity contribution in [3.63, 3.8) is 0 Å². The van der Waals surface area contributed by atoms with Crippen LogP contribution in [0.3, 0.4) is 0 Å². The Hall–Kier alpha value is -2.63. The van der Waals surface area contributed by atoms with Crippen LogP contribution in [0.25, 0.3) is 0 Å². The Morgan fingerprint density at radius 2 is 1.96 bits per heavy atom. The Balaban J connectivity index is 2.12. The summed E-state index contributed by atoms with van der Waals surface area (Å²) < 4.78 is 1.32. The normalized spacial score (nSPS) is 12.0. The number of carbonyl (C=O) groups excluding carboxylic acids is 1. The van der Waals surface area contributed by atoms with Gasteiger partial charge in [-0.1, -0.05) is 37.6 Å². The topological polar surface area (TPSA) is 84.2 Å². The molecule has 6 nitrogen and oxygen atoms in total. The van der Waals surface area contributed by atoms with Gasteiger partial charge in [-0.15, -0.1) is 0 Å². The average Bonchev–Trinajstić information content (AvgIpc) is 2.90. The highest BCUT2D eigenvalue weighted by atomic mass is 16.4. The molecule has 0 spiro atoms. The Bertz CT molecular complexity index is 704. The molecule has 6 heteroatoms. The van der Waals surface area contributed by atoms with Crippen molar-refractivity contribution < 1.29 is 14.7 Å². The van der Waals surface area contributed by atoms with Gasteiger partial charge in [-0.3, -0.25) is 9.48 Å². The van der Waals surface area contributed by atoms with E-state index in [4.69, 9.17) is 5.11 Å². The summed E-state index contributed by atoms with van der Waals surface area (Å²) in [5, 5.41) is 15.9. The van der Waals surface area contributed by atoms with Crippen molar-refractivity contribution in [1.29, 1.82) is 0 Å². The minimum absolute atomic E-state index is 0.0746. The molecule has 1 heterocycles. The lowest BCUT2D eigenvalue weighted by molar-refractivity contribution is 0.0690. The first-order valence-corrected chi connectivity index (χ1v) is 7.59. The molecule has 2 aromatic rings. The van der Waals surface area contributed by atoms with Crippen LogP contribution in [0.5, 0.6) is 0 Å². The summed E-state index contributed by atoms with van der Waals surface area (Å²) in [5.74, 6) is -1.66. The Morgan fingerprint density at radius 1 is 1.30 bits per heavy atom. The lowest BCUT2D eigenvalue weighted by Gasteiger charge is -2.14. The largest absolute Gasteiger partial charge is 0.478 e. The van der Waals surface area contributed by atoms with Gasteiger partial charge in [-0.05, 0) is 24.5 Å². The van der Waals surface area contributed by atoms with Crippen LogP contribution in [-0.2, 0) is 13.5 Å².